The molecule has 0 heterocycles. The number of hydrogen-bond acceptors (Lipinski definition) is 4. The van der Waals surface area contributed by atoms with E-state index in [0.29, 0.717) is 20.6 Å². The summed E-state index contributed by atoms with van der Waals surface area (Å²) in [6, 6.07) is 18.2. The number of benzene rings is 3. The number of hydrogen-bond donors (Lipinski definition) is 1. The standard InChI is InChI=1S/C31H34Cl3N3O4S/c1-21-15-16-24(18-28(21)34)37(42(2,40)41)20-30(38)36(19-25-26(32)13-8-14-27(25)33)29(17-22-9-4-3-5-10-22)31(39)35-23-11-6-7-12-23/h3-5,8-10,13-16,18,23,29H,6-7,11-12,17,19-20H2,1-2H3,(H,35,39). The lowest BCUT2D eigenvalue weighted by Crippen LogP contribution is -2.54. The van der Waals surface area contributed by atoms with E-state index in [1.807, 2.05) is 30.3 Å². The van der Waals surface area contributed by atoms with Crippen LogP contribution in [0.2, 0.25) is 15.1 Å². The van der Waals surface area contributed by atoms with Crippen molar-refractivity contribution in [3.05, 3.63) is 98.5 Å². The smallest absolute Gasteiger partial charge is 0.244 e. The van der Waals surface area contributed by atoms with Crippen LogP contribution < -0.4 is 9.62 Å². The number of nitrogens with zero attached hydrogens (tertiary/aromatic N) is 2. The Balaban J connectivity index is 1.77. The largest absolute Gasteiger partial charge is 0.352 e. The second-order valence-electron chi connectivity index (χ2n) is 10.6. The van der Waals surface area contributed by atoms with Crippen LogP contribution >= 0.6 is 34.8 Å². The van der Waals surface area contributed by atoms with E-state index in [9.17, 15) is 18.0 Å². The third-order valence-electron chi connectivity index (χ3n) is 7.49. The second-order valence-corrected chi connectivity index (χ2v) is 13.7. The number of nitrogens with one attached hydrogen (secondary N) is 1. The second kappa shape index (κ2) is 14.1. The van der Waals surface area contributed by atoms with Crippen LogP contribution in [0.15, 0.2) is 66.7 Å². The van der Waals surface area contributed by atoms with Gasteiger partial charge in [-0.05, 0) is 55.2 Å². The van der Waals surface area contributed by atoms with Gasteiger partial charge < -0.3 is 10.2 Å². The summed E-state index contributed by atoms with van der Waals surface area (Å²) in [5.41, 5.74) is 2.32. The van der Waals surface area contributed by atoms with Gasteiger partial charge in [-0.1, -0.05) is 90.1 Å². The molecule has 1 aliphatic rings. The van der Waals surface area contributed by atoms with Crippen molar-refractivity contribution in [2.75, 3.05) is 17.1 Å². The molecule has 3 aromatic rings. The Morgan fingerprint density at radius 3 is 2.17 bits per heavy atom. The average Bonchev–Trinajstić information content (AvgIpc) is 3.45. The number of carbonyl (C=O) groups excluding carboxylic acids is 2. The molecule has 0 bridgehead atoms. The summed E-state index contributed by atoms with van der Waals surface area (Å²) in [6.07, 6.45) is 5.01. The van der Waals surface area contributed by atoms with E-state index in [1.165, 1.54) is 11.0 Å². The molecule has 224 valence electrons. The molecular formula is C31H34Cl3N3O4S. The van der Waals surface area contributed by atoms with Crippen molar-refractivity contribution in [1.82, 2.24) is 10.2 Å². The number of halogens is 3. The first-order chi connectivity index (χ1) is 19.9. The monoisotopic (exact) mass is 649 g/mol. The van der Waals surface area contributed by atoms with Crippen LogP contribution in [-0.2, 0) is 32.6 Å². The Morgan fingerprint density at radius 1 is 0.929 bits per heavy atom. The summed E-state index contributed by atoms with van der Waals surface area (Å²) in [7, 11) is -3.91. The Morgan fingerprint density at radius 2 is 1.57 bits per heavy atom. The van der Waals surface area contributed by atoms with Crippen molar-refractivity contribution >= 4 is 62.3 Å². The topological polar surface area (TPSA) is 86.8 Å². The molecule has 1 fully saturated rings. The van der Waals surface area contributed by atoms with Crippen LogP contribution in [-0.4, -0.2) is 50.0 Å². The fourth-order valence-electron chi connectivity index (χ4n) is 5.13. The van der Waals surface area contributed by atoms with Gasteiger partial charge in [-0.3, -0.25) is 13.9 Å². The van der Waals surface area contributed by atoms with Gasteiger partial charge in [0.05, 0.1) is 11.9 Å². The minimum atomic E-state index is -3.91. The molecule has 11 heteroatoms. The van der Waals surface area contributed by atoms with Gasteiger partial charge in [0.1, 0.15) is 12.6 Å². The van der Waals surface area contributed by atoms with Crippen molar-refractivity contribution in [2.24, 2.45) is 0 Å². The van der Waals surface area contributed by atoms with Crippen LogP contribution in [0, 0.1) is 6.92 Å². The number of aryl methyl sites for hydroxylation is 1. The molecule has 0 radical (unpaired) electrons. The van der Waals surface area contributed by atoms with E-state index < -0.39 is 28.5 Å². The van der Waals surface area contributed by atoms with Gasteiger partial charge in [-0.15, -0.1) is 0 Å². The van der Waals surface area contributed by atoms with E-state index >= 15 is 0 Å². The molecule has 2 amide bonds. The molecule has 1 aliphatic carbocycles. The average molecular weight is 651 g/mol. The first kappa shape index (κ1) is 32.1. The molecule has 42 heavy (non-hydrogen) atoms. The van der Waals surface area contributed by atoms with Crippen molar-refractivity contribution in [1.29, 1.82) is 0 Å². The number of amides is 2. The quantitative estimate of drug-likeness (QED) is 0.260. The summed E-state index contributed by atoms with van der Waals surface area (Å²) in [5, 5.41) is 4.16. The Bertz CT molecular complexity index is 1510. The molecule has 1 atom stereocenters. The van der Waals surface area contributed by atoms with Crippen molar-refractivity contribution in [2.45, 2.75) is 57.7 Å². The summed E-state index contributed by atoms with van der Waals surface area (Å²) in [5.74, 6) is -0.901. The molecule has 4 rings (SSSR count). The summed E-state index contributed by atoms with van der Waals surface area (Å²) in [6.45, 7) is 1.15. The normalized spacial score (nSPS) is 14.4. The summed E-state index contributed by atoms with van der Waals surface area (Å²) >= 11 is 19.4. The highest BCUT2D eigenvalue weighted by atomic mass is 35.5. The third-order valence-corrected chi connectivity index (χ3v) is 9.74. The Hall–Kier alpha value is -2.78. The fraction of sp³-hybridized carbons (Fsp3) is 0.355. The molecule has 1 N–H and O–H groups in total. The minimum Gasteiger partial charge on any atom is -0.352 e. The van der Waals surface area contributed by atoms with Crippen LogP contribution in [0.3, 0.4) is 0 Å². The van der Waals surface area contributed by atoms with Crippen molar-refractivity contribution in [3.63, 3.8) is 0 Å². The van der Waals surface area contributed by atoms with Gasteiger partial charge in [0.2, 0.25) is 21.8 Å². The number of sulfonamides is 1. The molecule has 1 unspecified atom stereocenters. The van der Waals surface area contributed by atoms with Crippen LogP contribution in [0.25, 0.3) is 0 Å². The van der Waals surface area contributed by atoms with Gasteiger partial charge in [0.25, 0.3) is 0 Å². The Labute approximate surface area is 262 Å². The highest BCUT2D eigenvalue weighted by Gasteiger charge is 2.35. The molecule has 7 nitrogen and oxygen atoms in total. The van der Waals surface area contributed by atoms with Crippen molar-refractivity contribution < 1.29 is 18.0 Å². The maximum absolute atomic E-state index is 14.2. The first-order valence-electron chi connectivity index (χ1n) is 13.7. The number of rotatable bonds is 11. The van der Waals surface area contributed by atoms with Gasteiger partial charge in [-0.2, -0.15) is 0 Å². The van der Waals surface area contributed by atoms with E-state index in [0.717, 1.165) is 47.4 Å². The lowest BCUT2D eigenvalue weighted by Gasteiger charge is -2.34. The fourth-order valence-corrected chi connectivity index (χ4v) is 6.66. The number of anilines is 1. The minimum absolute atomic E-state index is 0.0128. The van der Waals surface area contributed by atoms with Crippen LogP contribution in [0.1, 0.15) is 42.4 Å². The van der Waals surface area contributed by atoms with Crippen LogP contribution in [0.4, 0.5) is 5.69 Å². The van der Waals surface area contributed by atoms with Crippen molar-refractivity contribution in [3.8, 4) is 0 Å². The molecule has 0 saturated heterocycles. The maximum Gasteiger partial charge on any atom is 0.244 e. The van der Waals surface area contributed by atoms with E-state index in [4.69, 9.17) is 34.8 Å². The molecule has 3 aromatic carbocycles. The predicted molar refractivity (Wildman–Crippen MR) is 170 cm³/mol. The first-order valence-corrected chi connectivity index (χ1v) is 16.7. The SMILES string of the molecule is Cc1ccc(N(CC(=O)N(Cc2c(Cl)cccc2Cl)C(Cc2ccccc2)C(=O)NC2CCCC2)S(C)(=O)=O)cc1Cl. The maximum atomic E-state index is 14.2. The summed E-state index contributed by atoms with van der Waals surface area (Å²) < 4.78 is 26.9. The molecule has 1 saturated carbocycles. The zero-order valence-corrected chi connectivity index (χ0v) is 26.6. The zero-order valence-electron chi connectivity index (χ0n) is 23.5. The lowest BCUT2D eigenvalue weighted by molar-refractivity contribution is -0.140. The highest BCUT2D eigenvalue weighted by Crippen LogP contribution is 2.29. The van der Waals surface area contributed by atoms with E-state index in [2.05, 4.69) is 5.32 Å². The van der Waals surface area contributed by atoms with Gasteiger partial charge in [0.15, 0.2) is 0 Å². The van der Waals surface area contributed by atoms with E-state index in [1.54, 1.807) is 37.3 Å². The molecular weight excluding hydrogens is 617 g/mol. The highest BCUT2D eigenvalue weighted by molar-refractivity contribution is 7.92. The Kier molecular flexibility index (Phi) is 10.8. The van der Waals surface area contributed by atoms with Crippen LogP contribution in [0.5, 0.6) is 0 Å². The third kappa shape index (κ3) is 8.19. The van der Waals surface area contributed by atoms with Gasteiger partial charge in [-0.25, -0.2) is 8.42 Å². The number of carbonyl (C=O) groups is 2. The molecule has 0 aromatic heterocycles. The van der Waals surface area contributed by atoms with E-state index in [-0.39, 0.29) is 30.6 Å². The van der Waals surface area contributed by atoms with Gasteiger partial charge in [0, 0.05) is 39.6 Å². The molecule has 0 aliphatic heterocycles. The zero-order chi connectivity index (χ0) is 30.4. The van der Waals surface area contributed by atoms with Gasteiger partial charge >= 0.3 is 0 Å². The summed E-state index contributed by atoms with van der Waals surface area (Å²) in [4.78, 5) is 29.6. The predicted octanol–water partition coefficient (Wildman–Crippen LogP) is 6.42. The molecule has 0 spiro atoms. The lowest BCUT2D eigenvalue weighted by atomic mass is 10.0.